The first-order valence-corrected chi connectivity index (χ1v) is 6.24. The van der Waals surface area contributed by atoms with E-state index in [1.807, 2.05) is 13.8 Å². The van der Waals surface area contributed by atoms with Crippen LogP contribution < -0.4 is 5.73 Å². The van der Waals surface area contributed by atoms with Crippen LogP contribution in [0.5, 0.6) is 0 Å². The van der Waals surface area contributed by atoms with Gasteiger partial charge in [-0.2, -0.15) is 0 Å². The van der Waals surface area contributed by atoms with E-state index >= 15 is 0 Å². The summed E-state index contributed by atoms with van der Waals surface area (Å²) >= 11 is 0. The largest absolute Gasteiger partial charge is 0.481 e. The molecule has 1 saturated heterocycles. The van der Waals surface area contributed by atoms with Crippen molar-refractivity contribution in [3.63, 3.8) is 0 Å². The highest BCUT2D eigenvalue weighted by Crippen LogP contribution is 2.34. The molecule has 2 atom stereocenters. The van der Waals surface area contributed by atoms with Crippen LogP contribution in [0.15, 0.2) is 0 Å². The SMILES string of the molecule is CCCC(N)C(=O)N1CCC(CC)(C(=O)O)C1. The molecule has 1 fully saturated rings. The van der Waals surface area contributed by atoms with Crippen LogP contribution in [0.25, 0.3) is 0 Å². The molecule has 0 aliphatic carbocycles. The molecule has 0 aromatic carbocycles. The second kappa shape index (κ2) is 5.49. The van der Waals surface area contributed by atoms with Crippen molar-refractivity contribution in [1.29, 1.82) is 0 Å². The van der Waals surface area contributed by atoms with Crippen molar-refractivity contribution in [2.75, 3.05) is 13.1 Å². The smallest absolute Gasteiger partial charge is 0.311 e. The fraction of sp³-hybridized carbons (Fsp3) is 0.833. The number of carbonyl (C=O) groups excluding carboxylic acids is 1. The Kier molecular flexibility index (Phi) is 4.51. The molecule has 0 aromatic rings. The topological polar surface area (TPSA) is 83.6 Å². The molecule has 5 heteroatoms. The van der Waals surface area contributed by atoms with Gasteiger partial charge in [-0.25, -0.2) is 0 Å². The van der Waals surface area contributed by atoms with Crippen molar-refractivity contribution >= 4 is 11.9 Å². The van der Waals surface area contributed by atoms with Crippen molar-refractivity contribution in [2.24, 2.45) is 11.1 Å². The van der Waals surface area contributed by atoms with Gasteiger partial charge < -0.3 is 15.7 Å². The minimum absolute atomic E-state index is 0.108. The predicted octanol–water partition coefficient (Wildman–Crippen LogP) is 0.827. The van der Waals surface area contributed by atoms with Gasteiger partial charge in [-0.15, -0.1) is 0 Å². The van der Waals surface area contributed by atoms with Crippen LogP contribution in [0.1, 0.15) is 39.5 Å². The first-order chi connectivity index (χ1) is 7.96. The first kappa shape index (κ1) is 14.0. The zero-order valence-corrected chi connectivity index (χ0v) is 10.6. The maximum Gasteiger partial charge on any atom is 0.311 e. The Morgan fingerprint density at radius 1 is 1.47 bits per heavy atom. The standard InChI is InChI=1S/C12H22N2O3/c1-3-5-9(13)10(15)14-7-6-12(4-2,8-14)11(16)17/h9H,3-8,13H2,1-2H3,(H,16,17). The van der Waals surface area contributed by atoms with Gasteiger partial charge in [0.1, 0.15) is 0 Å². The lowest BCUT2D eigenvalue weighted by molar-refractivity contribution is -0.148. The van der Waals surface area contributed by atoms with Crippen LogP contribution in [-0.2, 0) is 9.59 Å². The Labute approximate surface area is 102 Å². The monoisotopic (exact) mass is 242 g/mol. The Bertz CT molecular complexity index is 306. The number of hydrogen-bond donors (Lipinski definition) is 2. The summed E-state index contributed by atoms with van der Waals surface area (Å²) in [6.07, 6.45) is 2.60. The Balaban J connectivity index is 2.66. The molecule has 17 heavy (non-hydrogen) atoms. The summed E-state index contributed by atoms with van der Waals surface area (Å²) < 4.78 is 0. The molecule has 0 spiro atoms. The van der Waals surface area contributed by atoms with Crippen molar-refractivity contribution in [2.45, 2.75) is 45.6 Å². The average molecular weight is 242 g/mol. The highest BCUT2D eigenvalue weighted by atomic mass is 16.4. The van der Waals surface area contributed by atoms with E-state index in [4.69, 9.17) is 5.73 Å². The van der Waals surface area contributed by atoms with E-state index in [2.05, 4.69) is 0 Å². The van der Waals surface area contributed by atoms with Crippen LogP contribution in [0, 0.1) is 5.41 Å². The molecule has 1 aliphatic rings. The second-order valence-corrected chi connectivity index (χ2v) is 4.84. The van der Waals surface area contributed by atoms with Gasteiger partial charge in [0.2, 0.25) is 5.91 Å². The first-order valence-electron chi connectivity index (χ1n) is 6.24. The molecule has 0 bridgehead atoms. The van der Waals surface area contributed by atoms with E-state index in [1.54, 1.807) is 4.90 Å². The molecule has 1 amide bonds. The van der Waals surface area contributed by atoms with Crippen molar-refractivity contribution in [3.8, 4) is 0 Å². The minimum atomic E-state index is -0.806. The third-order valence-electron chi connectivity index (χ3n) is 3.71. The molecule has 2 unspecified atom stereocenters. The van der Waals surface area contributed by atoms with Gasteiger partial charge in [-0.3, -0.25) is 9.59 Å². The lowest BCUT2D eigenvalue weighted by Crippen LogP contribution is -2.44. The maximum absolute atomic E-state index is 12.0. The van der Waals surface area contributed by atoms with Crippen LogP contribution in [0.2, 0.25) is 0 Å². The van der Waals surface area contributed by atoms with Gasteiger partial charge in [0.15, 0.2) is 0 Å². The molecule has 1 aliphatic heterocycles. The highest BCUT2D eigenvalue weighted by Gasteiger charge is 2.45. The van der Waals surface area contributed by atoms with Crippen LogP contribution in [0.4, 0.5) is 0 Å². The number of carboxylic acids is 1. The molecular weight excluding hydrogens is 220 g/mol. The maximum atomic E-state index is 12.0. The Morgan fingerprint density at radius 3 is 2.53 bits per heavy atom. The van der Waals surface area contributed by atoms with Gasteiger partial charge >= 0.3 is 5.97 Å². The summed E-state index contributed by atoms with van der Waals surface area (Å²) in [6.45, 7) is 4.64. The molecule has 98 valence electrons. The number of aliphatic carboxylic acids is 1. The summed E-state index contributed by atoms with van der Waals surface area (Å²) in [5.74, 6) is -0.914. The van der Waals surface area contributed by atoms with Gasteiger partial charge in [0, 0.05) is 13.1 Å². The number of nitrogens with two attached hydrogens (primary N) is 1. The fourth-order valence-corrected chi connectivity index (χ4v) is 2.34. The van der Waals surface area contributed by atoms with Gasteiger partial charge in [0.05, 0.1) is 11.5 Å². The lowest BCUT2D eigenvalue weighted by atomic mass is 9.84. The zero-order chi connectivity index (χ0) is 13.1. The Hall–Kier alpha value is -1.10. The number of likely N-dealkylation sites (tertiary alicyclic amines) is 1. The van der Waals surface area contributed by atoms with E-state index in [0.717, 1.165) is 6.42 Å². The average Bonchev–Trinajstić information content (AvgIpc) is 2.74. The third kappa shape index (κ3) is 2.77. The molecule has 1 heterocycles. The molecule has 1 rings (SSSR count). The number of amides is 1. The van der Waals surface area contributed by atoms with Crippen molar-refractivity contribution < 1.29 is 14.7 Å². The van der Waals surface area contributed by atoms with E-state index < -0.39 is 17.4 Å². The van der Waals surface area contributed by atoms with E-state index in [1.165, 1.54) is 0 Å². The molecule has 0 aromatic heterocycles. The second-order valence-electron chi connectivity index (χ2n) is 4.84. The zero-order valence-electron chi connectivity index (χ0n) is 10.6. The quantitative estimate of drug-likeness (QED) is 0.748. The number of carboxylic acid groups (broad SMARTS) is 1. The molecule has 3 N–H and O–H groups in total. The highest BCUT2D eigenvalue weighted by molar-refractivity contribution is 5.84. The van der Waals surface area contributed by atoms with Gasteiger partial charge in [-0.1, -0.05) is 20.3 Å². The molecule has 0 saturated carbocycles. The van der Waals surface area contributed by atoms with Crippen LogP contribution in [-0.4, -0.2) is 41.0 Å². The molecular formula is C12H22N2O3. The lowest BCUT2D eigenvalue weighted by Gasteiger charge is -2.24. The summed E-state index contributed by atoms with van der Waals surface area (Å²) in [6, 6.07) is -0.485. The third-order valence-corrected chi connectivity index (χ3v) is 3.71. The van der Waals surface area contributed by atoms with E-state index in [-0.39, 0.29) is 5.91 Å². The van der Waals surface area contributed by atoms with Crippen molar-refractivity contribution in [3.05, 3.63) is 0 Å². The fourth-order valence-electron chi connectivity index (χ4n) is 2.34. The predicted molar refractivity (Wildman–Crippen MR) is 64.4 cm³/mol. The number of rotatable bonds is 5. The van der Waals surface area contributed by atoms with Crippen molar-refractivity contribution in [1.82, 2.24) is 4.90 Å². The summed E-state index contributed by atoms with van der Waals surface area (Å²) in [5.41, 5.74) is 5.01. The molecule has 5 nitrogen and oxygen atoms in total. The molecule has 0 radical (unpaired) electrons. The summed E-state index contributed by atoms with van der Waals surface area (Å²) in [4.78, 5) is 24.8. The summed E-state index contributed by atoms with van der Waals surface area (Å²) in [7, 11) is 0. The number of carbonyl (C=O) groups is 2. The number of nitrogens with zero attached hydrogens (tertiary/aromatic N) is 1. The van der Waals surface area contributed by atoms with Gasteiger partial charge in [0.25, 0.3) is 0 Å². The van der Waals surface area contributed by atoms with E-state index in [9.17, 15) is 14.7 Å². The minimum Gasteiger partial charge on any atom is -0.481 e. The Morgan fingerprint density at radius 2 is 2.12 bits per heavy atom. The van der Waals surface area contributed by atoms with Gasteiger partial charge in [-0.05, 0) is 19.3 Å². The van der Waals surface area contributed by atoms with Crippen LogP contribution >= 0.6 is 0 Å². The number of hydrogen-bond acceptors (Lipinski definition) is 3. The summed E-state index contributed by atoms with van der Waals surface area (Å²) in [5, 5.41) is 9.24. The van der Waals surface area contributed by atoms with Crippen LogP contribution in [0.3, 0.4) is 0 Å². The normalized spacial score (nSPS) is 25.9. The van der Waals surface area contributed by atoms with E-state index in [0.29, 0.717) is 32.4 Å².